The number of rotatable bonds is 13. The molecule has 2 amide bonds. The van der Waals surface area contributed by atoms with E-state index < -0.39 is 30.1 Å². The summed E-state index contributed by atoms with van der Waals surface area (Å²) in [7, 11) is 0. The van der Waals surface area contributed by atoms with E-state index in [2.05, 4.69) is 40.1 Å². The van der Waals surface area contributed by atoms with Crippen molar-refractivity contribution in [2.24, 2.45) is 11.8 Å². The van der Waals surface area contributed by atoms with Gasteiger partial charge in [-0.1, -0.05) is 19.6 Å². The van der Waals surface area contributed by atoms with E-state index in [1.54, 1.807) is 6.92 Å². The molecule has 11 nitrogen and oxygen atoms in total. The number of carboxylic acids is 2. The predicted octanol–water partition coefficient (Wildman–Crippen LogP) is 3.24. The highest BCUT2D eigenvalue weighted by molar-refractivity contribution is 7.80. The molecule has 0 aromatic carbocycles. The SMILES string of the molecule is C=CC1=C(C)[C@@H]([C@H](O)C2N/C(=C/c3[nH]c(/C=C4\NC(=O)[C@H](C)[C@H]4CCS)c(C)c3CCC(=O)O)C(CCC(=O)O)=C2C)NC1=O. The molecule has 0 bridgehead atoms. The number of aromatic nitrogens is 1. The zero-order valence-electron chi connectivity index (χ0n) is 26.0. The Balaban J connectivity index is 1.77. The number of amides is 2. The highest BCUT2D eigenvalue weighted by Gasteiger charge is 2.40. The van der Waals surface area contributed by atoms with Crippen LogP contribution in [0.5, 0.6) is 0 Å². The Bertz CT molecular complexity index is 1550. The number of aliphatic carboxylic acids is 2. The third-order valence-corrected chi connectivity index (χ3v) is 9.49. The van der Waals surface area contributed by atoms with Gasteiger partial charge in [0.1, 0.15) is 6.10 Å². The van der Waals surface area contributed by atoms with Gasteiger partial charge in [-0.2, -0.15) is 12.6 Å². The van der Waals surface area contributed by atoms with Crippen molar-refractivity contribution < 1.29 is 34.5 Å². The molecule has 0 spiro atoms. The standard InChI is InChI=1S/C33H42N4O7S/c1-6-19-16(3)30(37-33(19)44)31(42)29-17(4)21(8-10-28(40)41)25(35-29)14-24-20(7-9-27(38)39)15(2)23(34-24)13-26-22(11-12-45)18(5)32(43)36-26/h6,13-14,18,22,29-31,34-35,42,45H,1,7-12H2,2-5H3,(H,36,43)(H,37,44)(H,38,39)(H,40,41)/b25-14+,26-13-/t18-,22-,29?,30+,31-/m1/s1. The summed E-state index contributed by atoms with van der Waals surface area (Å²) in [6.45, 7) is 11.1. The molecule has 1 unspecified atom stereocenters. The van der Waals surface area contributed by atoms with Crippen LogP contribution in [-0.4, -0.2) is 68.0 Å². The molecule has 0 aliphatic carbocycles. The molecule has 1 aromatic heterocycles. The lowest BCUT2D eigenvalue weighted by molar-refractivity contribution is -0.138. The van der Waals surface area contributed by atoms with Crippen molar-refractivity contribution in [2.45, 2.75) is 78.0 Å². The van der Waals surface area contributed by atoms with Crippen LogP contribution in [0.3, 0.4) is 0 Å². The number of aliphatic hydroxyl groups is 1. The predicted molar refractivity (Wildman–Crippen MR) is 174 cm³/mol. The summed E-state index contributed by atoms with van der Waals surface area (Å²) in [4.78, 5) is 51.5. The van der Waals surface area contributed by atoms with E-state index in [0.29, 0.717) is 34.7 Å². The molecule has 1 fully saturated rings. The monoisotopic (exact) mass is 638 g/mol. The van der Waals surface area contributed by atoms with Gasteiger partial charge in [-0.25, -0.2) is 0 Å². The highest BCUT2D eigenvalue weighted by atomic mass is 32.1. The number of hydrogen-bond donors (Lipinski definition) is 8. The summed E-state index contributed by atoms with van der Waals surface area (Å²) in [5, 5.41) is 39.6. The Morgan fingerprint density at radius 1 is 0.978 bits per heavy atom. The maximum absolute atomic E-state index is 12.5. The zero-order chi connectivity index (χ0) is 33.2. The summed E-state index contributed by atoms with van der Waals surface area (Å²) in [6, 6.07) is -1.29. The molecule has 1 saturated heterocycles. The van der Waals surface area contributed by atoms with Gasteiger partial charge in [0.05, 0.1) is 12.1 Å². The molecule has 3 aliphatic rings. The van der Waals surface area contributed by atoms with E-state index in [0.717, 1.165) is 33.7 Å². The molecule has 242 valence electrons. The van der Waals surface area contributed by atoms with Gasteiger partial charge in [0.25, 0.3) is 5.91 Å². The van der Waals surface area contributed by atoms with Gasteiger partial charge >= 0.3 is 11.9 Å². The summed E-state index contributed by atoms with van der Waals surface area (Å²) in [6.07, 6.45) is 5.04. The second-order valence-electron chi connectivity index (χ2n) is 11.9. The summed E-state index contributed by atoms with van der Waals surface area (Å²) in [5.41, 5.74) is 6.90. The number of carboxylic acid groups (broad SMARTS) is 2. The second kappa shape index (κ2) is 13.9. The first-order valence-electron chi connectivity index (χ1n) is 15.1. The van der Waals surface area contributed by atoms with Gasteiger partial charge in [-0.3, -0.25) is 19.2 Å². The Labute approximate surface area is 268 Å². The minimum Gasteiger partial charge on any atom is -0.481 e. The third-order valence-electron chi connectivity index (χ3n) is 9.23. The molecule has 7 N–H and O–H groups in total. The average molecular weight is 639 g/mol. The van der Waals surface area contributed by atoms with Crippen LogP contribution in [0.15, 0.2) is 46.3 Å². The lowest BCUT2D eigenvalue weighted by atomic mass is 9.91. The Morgan fingerprint density at radius 3 is 2.22 bits per heavy atom. The number of aliphatic hydroxyl groups excluding tert-OH is 1. The number of H-pyrrole nitrogens is 1. The maximum Gasteiger partial charge on any atom is 0.303 e. The van der Waals surface area contributed by atoms with Crippen LogP contribution in [0, 0.1) is 18.8 Å². The Hall–Kier alpha value is -4.03. The third kappa shape index (κ3) is 6.96. The van der Waals surface area contributed by atoms with Crippen molar-refractivity contribution in [2.75, 3.05) is 5.75 Å². The fourth-order valence-corrected chi connectivity index (χ4v) is 6.83. The number of nitrogens with one attached hydrogen (secondary N) is 4. The van der Waals surface area contributed by atoms with E-state index in [1.807, 2.05) is 32.9 Å². The van der Waals surface area contributed by atoms with Crippen molar-refractivity contribution in [3.63, 3.8) is 0 Å². The second-order valence-corrected chi connectivity index (χ2v) is 12.4. The van der Waals surface area contributed by atoms with Gasteiger partial charge in [0.2, 0.25) is 5.91 Å². The quantitative estimate of drug-likeness (QED) is 0.152. The van der Waals surface area contributed by atoms with Crippen LogP contribution in [0.25, 0.3) is 12.2 Å². The van der Waals surface area contributed by atoms with Crippen LogP contribution < -0.4 is 16.0 Å². The zero-order valence-corrected chi connectivity index (χ0v) is 26.9. The van der Waals surface area contributed by atoms with Crippen LogP contribution >= 0.6 is 12.6 Å². The van der Waals surface area contributed by atoms with Gasteiger partial charge in [0, 0.05) is 53.0 Å². The Morgan fingerprint density at radius 2 is 1.62 bits per heavy atom. The van der Waals surface area contributed by atoms with Gasteiger partial charge < -0.3 is 36.3 Å². The van der Waals surface area contributed by atoms with E-state index in [-0.39, 0.29) is 49.3 Å². The average Bonchev–Trinajstić information content (AvgIpc) is 3.64. The van der Waals surface area contributed by atoms with Crippen molar-refractivity contribution in [3.05, 3.63) is 68.9 Å². The van der Waals surface area contributed by atoms with E-state index in [9.17, 15) is 34.5 Å². The van der Waals surface area contributed by atoms with Crippen molar-refractivity contribution in [1.29, 1.82) is 0 Å². The minimum absolute atomic E-state index is 0.0240. The van der Waals surface area contributed by atoms with E-state index in [1.165, 1.54) is 6.08 Å². The molecular weight excluding hydrogens is 596 g/mol. The first-order chi connectivity index (χ1) is 21.3. The number of carbonyl (C=O) groups is 4. The fraction of sp³-hybridized carbons (Fsp3) is 0.455. The topological polar surface area (TPSA) is 181 Å². The normalized spacial score (nSPS) is 25.6. The van der Waals surface area contributed by atoms with Crippen molar-refractivity contribution >= 4 is 48.5 Å². The first kappa shape index (κ1) is 33.9. The molecule has 4 heterocycles. The van der Waals surface area contributed by atoms with Crippen LogP contribution in [0.1, 0.15) is 69.0 Å². The number of thiol groups is 1. The molecule has 5 atom stereocenters. The molecule has 1 aromatic rings. The van der Waals surface area contributed by atoms with Crippen molar-refractivity contribution in [1.82, 2.24) is 20.9 Å². The number of carbonyl (C=O) groups excluding carboxylic acids is 2. The minimum atomic E-state index is -1.06. The molecule has 0 saturated carbocycles. The van der Waals surface area contributed by atoms with Gasteiger partial charge in [0.15, 0.2) is 0 Å². The molecule has 12 heteroatoms. The van der Waals surface area contributed by atoms with Gasteiger partial charge in [-0.05, 0) is 85.8 Å². The van der Waals surface area contributed by atoms with E-state index >= 15 is 0 Å². The van der Waals surface area contributed by atoms with Gasteiger partial charge in [-0.15, -0.1) is 0 Å². The molecule has 3 aliphatic heterocycles. The fourth-order valence-electron chi connectivity index (χ4n) is 6.55. The molecule has 0 radical (unpaired) electrons. The number of aromatic amines is 1. The van der Waals surface area contributed by atoms with Crippen LogP contribution in [-0.2, 0) is 25.6 Å². The summed E-state index contributed by atoms with van der Waals surface area (Å²) < 4.78 is 0. The number of hydrogen-bond acceptors (Lipinski definition) is 7. The highest BCUT2D eigenvalue weighted by Crippen LogP contribution is 2.36. The largest absolute Gasteiger partial charge is 0.481 e. The molecular formula is C33H42N4O7S. The number of allylic oxidation sites excluding steroid dienone is 2. The molecule has 4 rings (SSSR count). The first-order valence-corrected chi connectivity index (χ1v) is 15.7. The van der Waals surface area contributed by atoms with Crippen LogP contribution in [0.4, 0.5) is 0 Å². The molecule has 45 heavy (non-hydrogen) atoms. The Kier molecular flexibility index (Phi) is 10.5. The summed E-state index contributed by atoms with van der Waals surface area (Å²) >= 11 is 4.37. The van der Waals surface area contributed by atoms with E-state index in [4.69, 9.17) is 0 Å². The smallest absolute Gasteiger partial charge is 0.303 e. The lowest BCUT2D eigenvalue weighted by Gasteiger charge is -2.27. The van der Waals surface area contributed by atoms with Crippen LogP contribution in [0.2, 0.25) is 0 Å². The summed E-state index contributed by atoms with van der Waals surface area (Å²) in [5.74, 6) is -1.89. The maximum atomic E-state index is 12.5. The van der Waals surface area contributed by atoms with Crippen molar-refractivity contribution in [3.8, 4) is 0 Å². The lowest BCUT2D eigenvalue weighted by Crippen LogP contribution is -2.49.